The van der Waals surface area contributed by atoms with Crippen LogP contribution in [0.15, 0.2) is 254 Å². The summed E-state index contributed by atoms with van der Waals surface area (Å²) in [6.07, 6.45) is 10.4. The van der Waals surface area contributed by atoms with Gasteiger partial charge < -0.3 is 0 Å². The van der Waals surface area contributed by atoms with Gasteiger partial charge in [0.2, 0.25) is 0 Å². The number of fused-ring (bicyclic) bond motifs is 7. The van der Waals surface area contributed by atoms with Gasteiger partial charge in [0, 0.05) is 27.3 Å². The van der Waals surface area contributed by atoms with E-state index < -0.39 is 5.41 Å². The van der Waals surface area contributed by atoms with Gasteiger partial charge in [-0.2, -0.15) is 0 Å². The van der Waals surface area contributed by atoms with Gasteiger partial charge >= 0.3 is 0 Å². The molecule has 318 valence electrons. The number of hydrogen-bond donors (Lipinski definition) is 0. The molecule has 0 N–H and O–H groups in total. The Morgan fingerprint density at radius 3 is 1.97 bits per heavy atom. The molecule has 0 radical (unpaired) electrons. The van der Waals surface area contributed by atoms with Crippen LogP contribution in [0, 0.1) is 0 Å². The van der Waals surface area contributed by atoms with Crippen molar-refractivity contribution in [3.05, 3.63) is 277 Å². The van der Waals surface area contributed by atoms with Crippen LogP contribution in [-0.4, -0.2) is 15.7 Å². The monoisotopic (exact) mass is 857 g/mol. The van der Waals surface area contributed by atoms with E-state index in [-0.39, 0.29) is 0 Å². The molecular weight excluding hydrogens is 811 g/mol. The van der Waals surface area contributed by atoms with Crippen LogP contribution in [0.1, 0.15) is 41.7 Å². The number of para-hydroxylation sites is 2. The van der Waals surface area contributed by atoms with Crippen molar-refractivity contribution in [2.45, 2.75) is 19.3 Å². The zero-order valence-electron chi connectivity index (χ0n) is 37.6. The van der Waals surface area contributed by atoms with Crippen LogP contribution >= 0.6 is 0 Å². The molecular formula is C64H47N3. The molecule has 0 amide bonds. The number of rotatable bonds is 10. The molecule has 0 atom stereocenters. The fourth-order valence-corrected chi connectivity index (χ4v) is 10.1. The van der Waals surface area contributed by atoms with E-state index in [1.807, 2.05) is 49.4 Å². The summed E-state index contributed by atoms with van der Waals surface area (Å²) >= 11 is 0. The molecule has 2 aromatic heterocycles. The molecule has 1 aliphatic rings. The molecule has 2 heterocycles. The lowest BCUT2D eigenvalue weighted by Crippen LogP contribution is -2.28. The Hall–Kier alpha value is -8.53. The smallest absolute Gasteiger partial charge is 0.0966 e. The topological polar surface area (TPSA) is 38.1 Å². The van der Waals surface area contributed by atoms with Gasteiger partial charge in [-0.3, -0.25) is 0 Å². The van der Waals surface area contributed by atoms with E-state index in [1.54, 1.807) is 0 Å². The summed E-state index contributed by atoms with van der Waals surface area (Å²) in [6.45, 7) is 8.60. The molecule has 0 saturated carbocycles. The number of nitrogens with zero attached hydrogens (tertiary/aromatic N) is 3. The summed E-state index contributed by atoms with van der Waals surface area (Å²) in [6, 6.07) is 73.7. The normalized spacial score (nSPS) is 13.5. The largest absolute Gasteiger partial charge is 0.247 e. The molecule has 67 heavy (non-hydrogen) atoms. The molecule has 3 heteroatoms. The van der Waals surface area contributed by atoms with Crippen molar-refractivity contribution in [1.82, 2.24) is 9.97 Å². The van der Waals surface area contributed by atoms with E-state index in [9.17, 15) is 0 Å². The highest BCUT2D eigenvalue weighted by molar-refractivity contribution is 6.14. The minimum atomic E-state index is -0.501. The molecule has 0 spiro atoms. The third-order valence-electron chi connectivity index (χ3n) is 13.2. The van der Waals surface area contributed by atoms with Crippen LogP contribution < -0.4 is 0 Å². The van der Waals surface area contributed by atoms with Crippen molar-refractivity contribution in [1.29, 1.82) is 0 Å². The average molecular weight is 858 g/mol. The van der Waals surface area contributed by atoms with Gasteiger partial charge in [-0.1, -0.05) is 201 Å². The van der Waals surface area contributed by atoms with Gasteiger partial charge in [-0.15, -0.1) is 0 Å². The molecule has 10 aromatic rings. The maximum absolute atomic E-state index is 5.46. The number of pyridine rings is 2. The summed E-state index contributed by atoms with van der Waals surface area (Å²) in [5.41, 5.74) is 17.4. The number of aromatic nitrogens is 2. The van der Waals surface area contributed by atoms with Crippen molar-refractivity contribution in [3.8, 4) is 33.6 Å². The summed E-state index contributed by atoms with van der Waals surface area (Å²) in [5.74, 6) is 0. The summed E-state index contributed by atoms with van der Waals surface area (Å²) in [7, 11) is 0. The van der Waals surface area contributed by atoms with Gasteiger partial charge in [0.25, 0.3) is 0 Å². The zero-order valence-corrected chi connectivity index (χ0v) is 37.6. The second-order valence-electron chi connectivity index (χ2n) is 17.0. The van der Waals surface area contributed by atoms with Crippen LogP contribution in [-0.2, 0) is 5.41 Å². The maximum atomic E-state index is 5.46. The first-order valence-electron chi connectivity index (χ1n) is 22.9. The number of benzene rings is 8. The van der Waals surface area contributed by atoms with Crippen LogP contribution in [0.5, 0.6) is 0 Å². The Morgan fingerprint density at radius 2 is 1.21 bits per heavy atom. The number of aliphatic imine (C=N–C) groups is 1. The van der Waals surface area contributed by atoms with Crippen molar-refractivity contribution in [2.24, 2.45) is 4.99 Å². The second kappa shape index (κ2) is 17.5. The Bertz CT molecular complexity index is 3610. The lowest BCUT2D eigenvalue weighted by atomic mass is 9.67. The first-order valence-corrected chi connectivity index (χ1v) is 22.9. The molecule has 0 aliphatic heterocycles. The van der Waals surface area contributed by atoms with Gasteiger partial charge in [-0.25, -0.2) is 15.0 Å². The van der Waals surface area contributed by atoms with E-state index in [2.05, 4.69) is 208 Å². The van der Waals surface area contributed by atoms with E-state index >= 15 is 0 Å². The highest BCUT2D eigenvalue weighted by atomic mass is 14.8. The molecule has 8 aromatic carbocycles. The summed E-state index contributed by atoms with van der Waals surface area (Å²) < 4.78 is 0. The molecule has 0 unspecified atom stereocenters. The fourth-order valence-electron chi connectivity index (χ4n) is 10.1. The molecule has 11 rings (SSSR count). The summed E-state index contributed by atoms with van der Waals surface area (Å²) in [4.78, 5) is 15.7. The lowest BCUT2D eigenvalue weighted by molar-refractivity contribution is 0.769. The van der Waals surface area contributed by atoms with Gasteiger partial charge in [0.05, 0.1) is 39.2 Å². The highest BCUT2D eigenvalue weighted by Crippen LogP contribution is 2.57. The quantitative estimate of drug-likeness (QED) is 0.0781. The Labute approximate surface area is 392 Å². The zero-order chi connectivity index (χ0) is 45.3. The van der Waals surface area contributed by atoms with E-state index in [0.717, 1.165) is 77.8 Å². The van der Waals surface area contributed by atoms with Gasteiger partial charge in [-0.05, 0) is 112 Å². The lowest BCUT2D eigenvalue weighted by Gasteiger charge is -2.34. The predicted octanol–water partition coefficient (Wildman–Crippen LogP) is 16.5. The SMILES string of the molecule is C=C(/C=C\C(=C/C)c1cccc(-c2nc3ccccc3c3cc4c(cc23)-c2ccccc2C4(c2ccccc2)c2ccccc2)c1)C(/C=C\C)=Nc1cccc2ccc(-c3ccccc3)nc12. The van der Waals surface area contributed by atoms with Crippen molar-refractivity contribution >= 4 is 49.6 Å². The fraction of sp³-hybridized carbons (Fsp3) is 0.0469. The molecule has 3 nitrogen and oxygen atoms in total. The second-order valence-corrected chi connectivity index (χ2v) is 17.0. The van der Waals surface area contributed by atoms with Crippen molar-refractivity contribution < 1.29 is 0 Å². The molecule has 0 saturated heterocycles. The Balaban J connectivity index is 1.00. The molecule has 0 fully saturated rings. The minimum absolute atomic E-state index is 0.501. The van der Waals surface area contributed by atoms with Gasteiger partial charge in [0.15, 0.2) is 0 Å². The predicted molar refractivity (Wildman–Crippen MR) is 283 cm³/mol. The Kier molecular flexibility index (Phi) is 10.7. The van der Waals surface area contributed by atoms with E-state index in [4.69, 9.17) is 15.0 Å². The maximum Gasteiger partial charge on any atom is 0.0966 e. The Morgan fingerprint density at radius 1 is 0.522 bits per heavy atom. The first kappa shape index (κ1) is 41.2. The molecule has 1 aliphatic carbocycles. The van der Waals surface area contributed by atoms with Gasteiger partial charge in [0.1, 0.15) is 0 Å². The first-order chi connectivity index (χ1) is 33.0. The van der Waals surface area contributed by atoms with Crippen LogP contribution in [0.25, 0.3) is 71.8 Å². The third kappa shape index (κ3) is 7.22. The van der Waals surface area contributed by atoms with Crippen molar-refractivity contribution in [2.75, 3.05) is 0 Å². The number of hydrogen-bond acceptors (Lipinski definition) is 3. The number of allylic oxidation sites excluding steroid dienone is 7. The van der Waals surface area contributed by atoms with Crippen LogP contribution in [0.3, 0.4) is 0 Å². The summed E-state index contributed by atoms with van der Waals surface area (Å²) in [5, 5.41) is 4.48. The average Bonchev–Trinajstić information content (AvgIpc) is 3.68. The minimum Gasteiger partial charge on any atom is -0.247 e. The van der Waals surface area contributed by atoms with Crippen LogP contribution in [0.2, 0.25) is 0 Å². The van der Waals surface area contributed by atoms with E-state index in [1.165, 1.54) is 38.8 Å². The molecule has 0 bridgehead atoms. The highest BCUT2D eigenvalue weighted by Gasteiger charge is 2.46. The van der Waals surface area contributed by atoms with Crippen molar-refractivity contribution in [3.63, 3.8) is 0 Å². The van der Waals surface area contributed by atoms with Crippen LogP contribution in [0.4, 0.5) is 5.69 Å². The standard InChI is InChI=1S/C64H47N3/c1-4-21-58(65-61-35-20-24-46-38-39-59(66-63(46)61)45-22-9-6-10-23-45)43(3)36-37-44(5-2)47-25-19-26-48(40-47)62-55-41-54-51-31-15-17-33-56(51)64(49-27-11-7-12-28-49,50-29-13-8-14-30-50)57(54)42-53(55)52-32-16-18-34-60(52)67-62/h4-42H,3H2,1-2H3/b21-4-,37-36-,44-5+,65-58?. The van der Waals surface area contributed by atoms with E-state index in [0.29, 0.717) is 0 Å². The third-order valence-corrected chi connectivity index (χ3v) is 13.2.